The van der Waals surface area contributed by atoms with Crippen LogP contribution >= 0.6 is 0 Å². The summed E-state index contributed by atoms with van der Waals surface area (Å²) in [4.78, 5) is 22.7. The Labute approximate surface area is 111 Å². The molecule has 0 saturated heterocycles. The zero-order chi connectivity index (χ0) is 14.2. The predicted molar refractivity (Wildman–Crippen MR) is 70.4 cm³/mol. The quantitative estimate of drug-likeness (QED) is 0.869. The third-order valence-corrected chi connectivity index (χ3v) is 3.34. The molecule has 0 aliphatic carbocycles. The molecule has 5 nitrogen and oxygen atoms in total. The second-order valence-electron chi connectivity index (χ2n) is 5.41. The van der Waals surface area contributed by atoms with Gasteiger partial charge < -0.3 is 15.2 Å². The van der Waals surface area contributed by atoms with Crippen LogP contribution in [0.4, 0.5) is 5.69 Å². The standard InChI is InChI=1S/C14H17NO4/c1-14(2,13(17)18)7-9-5-10(19-3)4-8-6-11(16)15-12(8)9/h4-5H,6-7H2,1-3H3,(H,15,16)(H,17,18). The van der Waals surface area contributed by atoms with E-state index in [0.717, 1.165) is 16.8 Å². The van der Waals surface area contributed by atoms with E-state index in [-0.39, 0.29) is 5.91 Å². The highest BCUT2D eigenvalue weighted by Gasteiger charge is 2.31. The number of nitrogens with one attached hydrogen (secondary N) is 1. The lowest BCUT2D eigenvalue weighted by atomic mass is 9.84. The topological polar surface area (TPSA) is 75.6 Å². The maximum atomic E-state index is 11.5. The van der Waals surface area contributed by atoms with E-state index in [0.29, 0.717) is 18.6 Å². The van der Waals surface area contributed by atoms with Gasteiger partial charge in [0, 0.05) is 5.69 Å². The molecule has 5 heteroatoms. The molecule has 0 radical (unpaired) electrons. The minimum Gasteiger partial charge on any atom is -0.497 e. The molecular weight excluding hydrogens is 246 g/mol. The highest BCUT2D eigenvalue weighted by Crippen LogP contribution is 2.35. The molecule has 0 fully saturated rings. The minimum atomic E-state index is -0.895. The number of hydrogen-bond donors (Lipinski definition) is 2. The lowest BCUT2D eigenvalue weighted by Gasteiger charge is -2.21. The van der Waals surface area contributed by atoms with Gasteiger partial charge in [-0.1, -0.05) is 0 Å². The third kappa shape index (κ3) is 2.54. The van der Waals surface area contributed by atoms with Crippen molar-refractivity contribution >= 4 is 17.6 Å². The Balaban J connectivity index is 2.43. The lowest BCUT2D eigenvalue weighted by Crippen LogP contribution is -2.26. The van der Waals surface area contributed by atoms with E-state index in [1.165, 1.54) is 0 Å². The van der Waals surface area contributed by atoms with E-state index in [2.05, 4.69) is 5.32 Å². The van der Waals surface area contributed by atoms with Gasteiger partial charge in [-0.05, 0) is 43.5 Å². The van der Waals surface area contributed by atoms with Gasteiger partial charge in [0.25, 0.3) is 0 Å². The van der Waals surface area contributed by atoms with E-state index >= 15 is 0 Å². The number of rotatable bonds is 4. The molecule has 0 atom stereocenters. The largest absolute Gasteiger partial charge is 0.497 e. The first kappa shape index (κ1) is 13.4. The van der Waals surface area contributed by atoms with Crippen molar-refractivity contribution in [1.82, 2.24) is 0 Å². The Bertz CT molecular complexity index is 549. The van der Waals surface area contributed by atoms with Crippen LogP contribution in [0.25, 0.3) is 0 Å². The summed E-state index contributed by atoms with van der Waals surface area (Å²) in [6.45, 7) is 3.33. The number of fused-ring (bicyclic) bond motifs is 1. The molecule has 2 N–H and O–H groups in total. The number of methoxy groups -OCH3 is 1. The summed E-state index contributed by atoms with van der Waals surface area (Å²) in [5, 5.41) is 12.0. The molecule has 102 valence electrons. The van der Waals surface area contributed by atoms with Crippen LogP contribution in [0.2, 0.25) is 0 Å². The van der Waals surface area contributed by atoms with Crippen molar-refractivity contribution < 1.29 is 19.4 Å². The molecule has 1 aliphatic heterocycles. The van der Waals surface area contributed by atoms with E-state index < -0.39 is 11.4 Å². The predicted octanol–water partition coefficient (Wildman–Crippen LogP) is 1.84. The number of benzene rings is 1. The molecule has 0 unspecified atom stereocenters. The zero-order valence-electron chi connectivity index (χ0n) is 11.2. The molecular formula is C14H17NO4. The lowest BCUT2D eigenvalue weighted by molar-refractivity contribution is -0.146. The second kappa shape index (κ2) is 4.57. The van der Waals surface area contributed by atoms with Gasteiger partial charge in [-0.3, -0.25) is 9.59 Å². The SMILES string of the molecule is COc1cc2c(c(CC(C)(C)C(=O)O)c1)NC(=O)C2. The van der Waals surface area contributed by atoms with Crippen LogP contribution in [0, 0.1) is 5.41 Å². The number of amides is 1. The highest BCUT2D eigenvalue weighted by molar-refractivity contribution is 6.00. The van der Waals surface area contributed by atoms with Crippen LogP contribution in [0.15, 0.2) is 12.1 Å². The van der Waals surface area contributed by atoms with Gasteiger partial charge in [0.15, 0.2) is 0 Å². The van der Waals surface area contributed by atoms with Crippen LogP contribution in [0.5, 0.6) is 5.75 Å². The number of carbonyl (C=O) groups excluding carboxylic acids is 1. The Morgan fingerprint density at radius 2 is 2.16 bits per heavy atom. The van der Waals surface area contributed by atoms with Crippen LogP contribution in [-0.4, -0.2) is 24.1 Å². The smallest absolute Gasteiger partial charge is 0.309 e. The van der Waals surface area contributed by atoms with Crippen molar-refractivity contribution in [2.24, 2.45) is 5.41 Å². The van der Waals surface area contributed by atoms with Gasteiger partial charge in [-0.15, -0.1) is 0 Å². The molecule has 0 bridgehead atoms. The summed E-state index contributed by atoms with van der Waals surface area (Å²) in [5.41, 5.74) is 1.50. The van der Waals surface area contributed by atoms with Gasteiger partial charge in [-0.2, -0.15) is 0 Å². The van der Waals surface area contributed by atoms with Crippen molar-refractivity contribution in [1.29, 1.82) is 0 Å². The second-order valence-corrected chi connectivity index (χ2v) is 5.41. The first-order chi connectivity index (χ1) is 8.83. The first-order valence-corrected chi connectivity index (χ1v) is 6.06. The molecule has 1 amide bonds. The molecule has 1 aromatic rings. The number of aliphatic carboxylic acids is 1. The number of carboxylic acid groups (broad SMARTS) is 1. The summed E-state index contributed by atoms with van der Waals surface area (Å²) in [6, 6.07) is 3.60. The molecule has 0 spiro atoms. The fourth-order valence-corrected chi connectivity index (χ4v) is 2.20. The molecule has 1 heterocycles. The number of ether oxygens (including phenoxy) is 1. The van der Waals surface area contributed by atoms with E-state index in [1.54, 1.807) is 27.0 Å². The van der Waals surface area contributed by atoms with Crippen LogP contribution < -0.4 is 10.1 Å². The highest BCUT2D eigenvalue weighted by atomic mass is 16.5. The molecule has 19 heavy (non-hydrogen) atoms. The van der Waals surface area contributed by atoms with Crippen molar-refractivity contribution in [2.45, 2.75) is 26.7 Å². The fraction of sp³-hybridized carbons (Fsp3) is 0.429. The Hall–Kier alpha value is -2.04. The Morgan fingerprint density at radius 1 is 1.47 bits per heavy atom. The van der Waals surface area contributed by atoms with Gasteiger partial charge in [0.2, 0.25) is 5.91 Å². The summed E-state index contributed by atoms with van der Waals surface area (Å²) in [7, 11) is 1.55. The molecule has 1 aliphatic rings. The Kier molecular flexibility index (Phi) is 3.22. The maximum absolute atomic E-state index is 11.5. The summed E-state index contributed by atoms with van der Waals surface area (Å²) >= 11 is 0. The van der Waals surface area contributed by atoms with Crippen LogP contribution in [0.3, 0.4) is 0 Å². The molecule has 0 saturated carbocycles. The minimum absolute atomic E-state index is 0.0716. The zero-order valence-corrected chi connectivity index (χ0v) is 11.2. The Morgan fingerprint density at radius 3 is 2.74 bits per heavy atom. The van der Waals surface area contributed by atoms with Crippen molar-refractivity contribution in [3.63, 3.8) is 0 Å². The van der Waals surface area contributed by atoms with E-state index in [4.69, 9.17) is 4.74 Å². The fourth-order valence-electron chi connectivity index (χ4n) is 2.20. The number of hydrogen-bond acceptors (Lipinski definition) is 3. The number of anilines is 1. The summed E-state index contributed by atoms with van der Waals surface area (Å²) in [6.07, 6.45) is 0.648. The van der Waals surface area contributed by atoms with Crippen molar-refractivity contribution in [3.05, 3.63) is 23.3 Å². The third-order valence-electron chi connectivity index (χ3n) is 3.34. The summed E-state index contributed by atoms with van der Waals surface area (Å²) in [5.74, 6) is -0.294. The number of carbonyl (C=O) groups is 2. The van der Waals surface area contributed by atoms with Crippen LogP contribution in [0.1, 0.15) is 25.0 Å². The van der Waals surface area contributed by atoms with Crippen molar-refractivity contribution in [3.8, 4) is 5.75 Å². The average molecular weight is 263 g/mol. The average Bonchev–Trinajstić information content (AvgIpc) is 2.69. The van der Waals surface area contributed by atoms with Gasteiger partial charge in [0.1, 0.15) is 5.75 Å². The first-order valence-electron chi connectivity index (χ1n) is 6.06. The van der Waals surface area contributed by atoms with Crippen molar-refractivity contribution in [2.75, 3.05) is 12.4 Å². The normalized spacial score (nSPS) is 13.9. The molecule has 1 aromatic carbocycles. The van der Waals surface area contributed by atoms with E-state index in [1.807, 2.05) is 6.07 Å². The van der Waals surface area contributed by atoms with Gasteiger partial charge >= 0.3 is 5.97 Å². The monoisotopic (exact) mass is 263 g/mol. The van der Waals surface area contributed by atoms with Crippen LogP contribution in [-0.2, 0) is 22.4 Å². The van der Waals surface area contributed by atoms with E-state index in [9.17, 15) is 14.7 Å². The van der Waals surface area contributed by atoms with Gasteiger partial charge in [0.05, 0.1) is 18.9 Å². The molecule has 2 rings (SSSR count). The number of carboxylic acids is 1. The van der Waals surface area contributed by atoms with Gasteiger partial charge in [-0.25, -0.2) is 0 Å². The maximum Gasteiger partial charge on any atom is 0.309 e. The summed E-state index contributed by atoms with van der Waals surface area (Å²) < 4.78 is 5.20. The molecule has 0 aromatic heterocycles.